The number of hydrogen-bond acceptors (Lipinski definition) is 5. The van der Waals surface area contributed by atoms with Crippen molar-refractivity contribution in [3.63, 3.8) is 0 Å². The summed E-state index contributed by atoms with van der Waals surface area (Å²) >= 11 is 0. The van der Waals surface area contributed by atoms with Crippen LogP contribution in [-0.2, 0) is 10.1 Å². The summed E-state index contributed by atoms with van der Waals surface area (Å²) in [5, 5.41) is 4.00. The highest BCUT2D eigenvalue weighted by atomic mass is 32.2. The van der Waals surface area contributed by atoms with E-state index in [-0.39, 0.29) is 16.7 Å². The first-order valence-electron chi connectivity index (χ1n) is 7.48. The normalized spacial score (nSPS) is 12.5. The van der Waals surface area contributed by atoms with Gasteiger partial charge in [0.1, 0.15) is 5.69 Å². The Bertz CT molecular complexity index is 1080. The van der Waals surface area contributed by atoms with E-state index in [4.69, 9.17) is 4.52 Å². The molecule has 0 atom stereocenters. The zero-order valence-electron chi connectivity index (χ0n) is 14.0. The van der Waals surface area contributed by atoms with Crippen molar-refractivity contribution in [2.24, 2.45) is 0 Å². The van der Waals surface area contributed by atoms with Crippen molar-refractivity contribution in [1.82, 2.24) is 5.16 Å². The van der Waals surface area contributed by atoms with Gasteiger partial charge in [-0.05, 0) is 44.0 Å². The first-order chi connectivity index (χ1) is 12.0. The second-order valence-electron chi connectivity index (χ2n) is 5.92. The topological polar surface area (TPSA) is 69.4 Å². The molecule has 1 heterocycles. The number of benzene rings is 2. The lowest BCUT2D eigenvalue weighted by molar-refractivity contribution is -0.0499. The van der Waals surface area contributed by atoms with Gasteiger partial charge in [0.05, 0.1) is 5.39 Å². The lowest BCUT2D eigenvalue weighted by atomic mass is 9.95. The van der Waals surface area contributed by atoms with Gasteiger partial charge < -0.3 is 8.71 Å². The van der Waals surface area contributed by atoms with E-state index in [1.54, 1.807) is 0 Å². The van der Waals surface area contributed by atoms with E-state index in [1.807, 2.05) is 32.9 Å². The third kappa shape index (κ3) is 3.03. The number of alkyl halides is 3. The number of aromatic nitrogens is 1. The molecule has 3 aromatic rings. The standard InChI is InChI=1S/C17H14F3NO4S/c1-9-7-10(2)14(11(3)8-9)16-15-12(24-21-16)5-4-6-13(15)25-26(22,23)17(18,19)20/h4-8H,1-3H3. The van der Waals surface area contributed by atoms with Crippen LogP contribution in [0.4, 0.5) is 13.2 Å². The maximum absolute atomic E-state index is 12.7. The van der Waals surface area contributed by atoms with E-state index < -0.39 is 21.4 Å². The van der Waals surface area contributed by atoms with Crippen molar-refractivity contribution in [1.29, 1.82) is 0 Å². The molecule has 0 saturated carbocycles. The smallest absolute Gasteiger partial charge is 0.375 e. The predicted octanol–water partition coefficient (Wildman–Crippen LogP) is 4.65. The first kappa shape index (κ1) is 18.2. The Morgan fingerprint density at radius 1 is 1.08 bits per heavy atom. The van der Waals surface area contributed by atoms with E-state index in [0.29, 0.717) is 5.56 Å². The molecule has 0 fully saturated rings. The minimum absolute atomic E-state index is 0.0652. The molecule has 0 spiro atoms. The van der Waals surface area contributed by atoms with Crippen LogP contribution >= 0.6 is 0 Å². The summed E-state index contributed by atoms with van der Waals surface area (Å²) in [5.74, 6) is -0.490. The molecule has 2 aromatic carbocycles. The van der Waals surface area contributed by atoms with E-state index in [2.05, 4.69) is 9.34 Å². The van der Waals surface area contributed by atoms with Crippen molar-refractivity contribution in [2.45, 2.75) is 26.3 Å². The zero-order chi connectivity index (χ0) is 19.3. The number of fused-ring (bicyclic) bond motifs is 1. The van der Waals surface area contributed by atoms with Gasteiger partial charge in [-0.15, -0.1) is 0 Å². The molecule has 9 heteroatoms. The second-order valence-corrected chi connectivity index (χ2v) is 7.46. The molecular formula is C17H14F3NO4S. The summed E-state index contributed by atoms with van der Waals surface area (Å²) in [6.45, 7) is 5.56. The van der Waals surface area contributed by atoms with Gasteiger partial charge in [0, 0.05) is 5.56 Å². The van der Waals surface area contributed by atoms with E-state index in [9.17, 15) is 21.6 Å². The number of nitrogens with zero attached hydrogens (tertiary/aromatic N) is 1. The molecule has 0 saturated heterocycles. The molecule has 0 bridgehead atoms. The summed E-state index contributed by atoms with van der Waals surface area (Å²) in [5.41, 5.74) is -1.89. The number of rotatable bonds is 3. The fourth-order valence-electron chi connectivity index (χ4n) is 2.92. The minimum Gasteiger partial charge on any atom is -0.375 e. The second kappa shape index (κ2) is 6.01. The van der Waals surface area contributed by atoms with Gasteiger partial charge in [-0.3, -0.25) is 0 Å². The van der Waals surface area contributed by atoms with Crippen LogP contribution in [0, 0.1) is 20.8 Å². The highest BCUT2D eigenvalue weighted by Crippen LogP contribution is 2.39. The Morgan fingerprint density at radius 3 is 2.27 bits per heavy atom. The Labute approximate surface area is 147 Å². The summed E-state index contributed by atoms with van der Waals surface area (Å²) in [4.78, 5) is 0. The fourth-order valence-corrected chi connectivity index (χ4v) is 3.39. The molecule has 0 N–H and O–H groups in total. The van der Waals surface area contributed by atoms with Crippen LogP contribution in [0.15, 0.2) is 34.9 Å². The molecule has 138 valence electrons. The van der Waals surface area contributed by atoms with Gasteiger partial charge in [0.25, 0.3) is 0 Å². The van der Waals surface area contributed by atoms with Gasteiger partial charge in [0.2, 0.25) is 0 Å². The molecule has 0 amide bonds. The quantitative estimate of drug-likeness (QED) is 0.485. The lowest BCUT2D eigenvalue weighted by Crippen LogP contribution is -2.28. The third-order valence-corrected chi connectivity index (χ3v) is 4.82. The van der Waals surface area contributed by atoms with E-state index in [0.717, 1.165) is 22.8 Å². The molecule has 0 aliphatic carbocycles. The first-order valence-corrected chi connectivity index (χ1v) is 8.89. The van der Waals surface area contributed by atoms with Crippen molar-refractivity contribution < 1.29 is 30.3 Å². The van der Waals surface area contributed by atoms with Crippen molar-refractivity contribution in [2.75, 3.05) is 0 Å². The Balaban J connectivity index is 2.26. The lowest BCUT2D eigenvalue weighted by Gasteiger charge is -2.12. The Kier molecular flexibility index (Phi) is 4.22. The van der Waals surface area contributed by atoms with Crippen LogP contribution in [0.1, 0.15) is 16.7 Å². The Morgan fingerprint density at radius 2 is 1.69 bits per heavy atom. The maximum Gasteiger partial charge on any atom is 0.534 e. The maximum atomic E-state index is 12.7. The number of aryl methyl sites for hydroxylation is 3. The summed E-state index contributed by atoms with van der Waals surface area (Å²) in [7, 11) is -5.82. The van der Waals surface area contributed by atoms with Crippen LogP contribution in [0.5, 0.6) is 5.75 Å². The molecule has 0 aliphatic rings. The van der Waals surface area contributed by atoms with E-state index >= 15 is 0 Å². The molecule has 1 aromatic heterocycles. The number of halogens is 3. The monoisotopic (exact) mass is 385 g/mol. The summed E-state index contributed by atoms with van der Waals surface area (Å²) in [6.07, 6.45) is 0. The van der Waals surface area contributed by atoms with Crippen LogP contribution in [0.2, 0.25) is 0 Å². The summed E-state index contributed by atoms with van der Waals surface area (Å²) in [6, 6.07) is 7.70. The van der Waals surface area contributed by atoms with Gasteiger partial charge in [-0.2, -0.15) is 21.6 Å². The average molecular weight is 385 g/mol. The predicted molar refractivity (Wildman–Crippen MR) is 89.3 cm³/mol. The molecule has 0 unspecified atom stereocenters. The molecular weight excluding hydrogens is 371 g/mol. The summed E-state index contributed by atoms with van der Waals surface area (Å²) < 4.78 is 70.4. The van der Waals surface area contributed by atoms with Gasteiger partial charge in [0.15, 0.2) is 11.3 Å². The SMILES string of the molecule is Cc1cc(C)c(-c2noc3cccc(OS(=O)(=O)C(F)(F)F)c23)c(C)c1. The number of hydrogen-bond donors (Lipinski definition) is 0. The van der Waals surface area contributed by atoms with Crippen molar-refractivity contribution in [3.8, 4) is 17.0 Å². The average Bonchev–Trinajstić information content (AvgIpc) is 2.89. The largest absolute Gasteiger partial charge is 0.534 e. The van der Waals surface area contributed by atoms with Crippen LogP contribution < -0.4 is 4.18 Å². The molecule has 26 heavy (non-hydrogen) atoms. The molecule has 0 aliphatic heterocycles. The Hall–Kier alpha value is -2.55. The minimum atomic E-state index is -5.82. The van der Waals surface area contributed by atoms with Gasteiger partial charge in [-0.1, -0.05) is 28.9 Å². The molecule has 0 radical (unpaired) electrons. The highest BCUT2D eigenvalue weighted by molar-refractivity contribution is 7.88. The van der Waals surface area contributed by atoms with Crippen molar-refractivity contribution in [3.05, 3.63) is 47.0 Å². The van der Waals surface area contributed by atoms with Crippen LogP contribution in [0.25, 0.3) is 22.2 Å². The van der Waals surface area contributed by atoms with Gasteiger partial charge >= 0.3 is 15.6 Å². The zero-order valence-corrected chi connectivity index (χ0v) is 14.8. The van der Waals surface area contributed by atoms with Crippen LogP contribution in [-0.4, -0.2) is 19.1 Å². The van der Waals surface area contributed by atoms with Gasteiger partial charge in [-0.25, -0.2) is 0 Å². The highest BCUT2D eigenvalue weighted by Gasteiger charge is 2.49. The third-order valence-electron chi connectivity index (χ3n) is 3.86. The van der Waals surface area contributed by atoms with E-state index in [1.165, 1.54) is 12.1 Å². The molecule has 5 nitrogen and oxygen atoms in total. The fraction of sp³-hybridized carbons (Fsp3) is 0.235. The molecule has 3 rings (SSSR count). The van der Waals surface area contributed by atoms with Crippen LogP contribution in [0.3, 0.4) is 0 Å². The van der Waals surface area contributed by atoms with Crippen molar-refractivity contribution >= 4 is 21.1 Å².